The molecule has 1 aromatic carbocycles. The van der Waals surface area contributed by atoms with Crippen LogP contribution in [0.15, 0.2) is 30.3 Å². The van der Waals surface area contributed by atoms with Crippen LogP contribution in [-0.2, 0) is 35.1 Å². The van der Waals surface area contributed by atoms with Crippen molar-refractivity contribution in [3.8, 4) is 6.07 Å². The molecule has 11 nitrogen and oxygen atoms in total. The fraction of sp³-hybridized carbons (Fsp3) is 0.538. The van der Waals surface area contributed by atoms with Gasteiger partial charge in [-0.25, -0.2) is 4.79 Å². The Kier molecular flexibility index (Phi) is 12.8. The number of methoxy groups -OCH3 is 1. The maximum atomic E-state index is 13.1. The predicted octanol–water partition coefficient (Wildman–Crippen LogP) is 0.521. The Bertz CT molecular complexity index is 1030. The summed E-state index contributed by atoms with van der Waals surface area (Å²) in [5, 5.41) is 14.2. The third-order valence-electron chi connectivity index (χ3n) is 6.17. The minimum atomic E-state index is -1.15. The number of nitrogens with one attached hydrogen (secondary N) is 2. The van der Waals surface area contributed by atoms with Gasteiger partial charge in [0, 0.05) is 32.2 Å². The number of ether oxygens (including phenoxy) is 1. The van der Waals surface area contributed by atoms with Gasteiger partial charge in [-0.15, -0.1) is 0 Å². The Hall–Kier alpha value is -3.43. The van der Waals surface area contributed by atoms with E-state index in [1.807, 2.05) is 30.3 Å². The van der Waals surface area contributed by atoms with Gasteiger partial charge in [0.25, 0.3) is 0 Å². The fourth-order valence-electron chi connectivity index (χ4n) is 4.06. The van der Waals surface area contributed by atoms with Crippen molar-refractivity contribution < 1.29 is 28.7 Å². The summed E-state index contributed by atoms with van der Waals surface area (Å²) in [6.45, 7) is 1.66. The van der Waals surface area contributed by atoms with Gasteiger partial charge in [-0.3, -0.25) is 19.2 Å². The fourth-order valence-corrected chi connectivity index (χ4v) is 4.77. The van der Waals surface area contributed by atoms with Crippen LogP contribution in [0.2, 0.25) is 0 Å². The molecule has 38 heavy (non-hydrogen) atoms. The van der Waals surface area contributed by atoms with Crippen LogP contribution in [-0.4, -0.2) is 77.8 Å². The SMILES string of the molecule is COC(=O)C(CNC(=O)CCC(N)C(=O)N1CCCC1C#N)NC(=O)C(CSC(C)=O)Cc1ccccc1. The summed E-state index contributed by atoms with van der Waals surface area (Å²) in [5.41, 5.74) is 6.87. The number of hydrogen-bond acceptors (Lipinski definition) is 9. The third kappa shape index (κ3) is 9.79. The van der Waals surface area contributed by atoms with E-state index < -0.39 is 41.8 Å². The predicted molar refractivity (Wildman–Crippen MR) is 141 cm³/mol. The molecule has 206 valence electrons. The highest BCUT2D eigenvalue weighted by atomic mass is 32.2. The van der Waals surface area contributed by atoms with Crippen molar-refractivity contribution >= 4 is 40.6 Å². The van der Waals surface area contributed by atoms with Crippen molar-refractivity contribution in [1.82, 2.24) is 15.5 Å². The van der Waals surface area contributed by atoms with Crippen molar-refractivity contribution in [3.05, 3.63) is 35.9 Å². The zero-order chi connectivity index (χ0) is 28.1. The maximum Gasteiger partial charge on any atom is 0.330 e. The van der Waals surface area contributed by atoms with Crippen LogP contribution in [0.1, 0.15) is 38.2 Å². The molecule has 4 N–H and O–H groups in total. The van der Waals surface area contributed by atoms with E-state index >= 15 is 0 Å². The number of rotatable bonds is 13. The maximum absolute atomic E-state index is 13.1. The first-order valence-electron chi connectivity index (χ1n) is 12.4. The molecule has 4 atom stereocenters. The molecule has 1 aliphatic rings. The zero-order valence-electron chi connectivity index (χ0n) is 21.7. The number of nitriles is 1. The molecule has 12 heteroatoms. The summed E-state index contributed by atoms with van der Waals surface area (Å²) in [5.74, 6) is -2.37. The summed E-state index contributed by atoms with van der Waals surface area (Å²) in [6, 6.07) is 8.82. The summed E-state index contributed by atoms with van der Waals surface area (Å²) >= 11 is 1.02. The Morgan fingerprint density at radius 2 is 1.95 bits per heavy atom. The lowest BCUT2D eigenvalue weighted by Gasteiger charge is -2.23. The van der Waals surface area contributed by atoms with Gasteiger partial charge >= 0.3 is 5.97 Å². The van der Waals surface area contributed by atoms with Crippen LogP contribution in [0, 0.1) is 17.2 Å². The topological polar surface area (TPSA) is 172 Å². The van der Waals surface area contributed by atoms with Crippen molar-refractivity contribution in [2.75, 3.05) is 26.0 Å². The van der Waals surface area contributed by atoms with Gasteiger partial charge in [0.15, 0.2) is 5.12 Å². The molecule has 1 fully saturated rings. The van der Waals surface area contributed by atoms with Crippen molar-refractivity contribution in [3.63, 3.8) is 0 Å². The zero-order valence-corrected chi connectivity index (χ0v) is 22.5. The van der Waals surface area contributed by atoms with Gasteiger partial charge in [0.2, 0.25) is 17.7 Å². The molecule has 4 unspecified atom stereocenters. The Morgan fingerprint density at radius 3 is 2.58 bits per heavy atom. The second kappa shape index (κ2) is 15.7. The van der Waals surface area contributed by atoms with E-state index in [9.17, 15) is 24.0 Å². The van der Waals surface area contributed by atoms with Gasteiger partial charge in [0.1, 0.15) is 12.1 Å². The molecular formula is C26H35N5O6S. The largest absolute Gasteiger partial charge is 0.467 e. The van der Waals surface area contributed by atoms with Crippen LogP contribution < -0.4 is 16.4 Å². The Morgan fingerprint density at radius 1 is 1.24 bits per heavy atom. The molecule has 0 radical (unpaired) electrons. The highest BCUT2D eigenvalue weighted by Gasteiger charge is 2.32. The molecule has 0 aromatic heterocycles. The van der Waals surface area contributed by atoms with Crippen LogP contribution in [0.4, 0.5) is 0 Å². The number of carbonyl (C=O) groups is 5. The smallest absolute Gasteiger partial charge is 0.330 e. The molecule has 0 bridgehead atoms. The van der Waals surface area contributed by atoms with Crippen molar-refractivity contribution in [2.45, 2.75) is 57.2 Å². The number of amides is 3. The lowest BCUT2D eigenvalue weighted by Crippen LogP contribution is -2.51. The minimum absolute atomic E-state index is 0.0655. The second-order valence-electron chi connectivity index (χ2n) is 9.04. The second-order valence-corrected chi connectivity index (χ2v) is 10.2. The Labute approximate surface area is 226 Å². The molecule has 0 aliphatic carbocycles. The van der Waals surface area contributed by atoms with Gasteiger partial charge in [-0.1, -0.05) is 42.1 Å². The number of carbonyl (C=O) groups excluding carboxylic acids is 5. The van der Waals surface area contributed by atoms with Gasteiger partial charge < -0.3 is 26.0 Å². The third-order valence-corrected chi connectivity index (χ3v) is 7.15. The van der Waals surface area contributed by atoms with Gasteiger partial charge in [-0.05, 0) is 31.2 Å². The van der Waals surface area contributed by atoms with Crippen molar-refractivity contribution in [1.29, 1.82) is 5.26 Å². The lowest BCUT2D eigenvalue weighted by molar-refractivity contribution is -0.145. The first kappa shape index (κ1) is 30.8. The number of thioether (sulfide) groups is 1. The van der Waals surface area contributed by atoms with E-state index in [-0.39, 0.29) is 36.2 Å². The monoisotopic (exact) mass is 545 g/mol. The van der Waals surface area contributed by atoms with E-state index in [1.165, 1.54) is 18.9 Å². The number of nitrogens with zero attached hydrogens (tertiary/aromatic N) is 2. The number of hydrogen-bond donors (Lipinski definition) is 3. The highest BCUT2D eigenvalue weighted by molar-refractivity contribution is 8.13. The first-order chi connectivity index (χ1) is 18.2. The molecule has 3 amide bonds. The number of esters is 1. The van der Waals surface area contributed by atoms with Crippen LogP contribution in [0.25, 0.3) is 0 Å². The molecular weight excluding hydrogens is 510 g/mol. The summed E-state index contributed by atoms with van der Waals surface area (Å²) in [6.07, 6.45) is 1.69. The van der Waals surface area contributed by atoms with E-state index in [4.69, 9.17) is 15.7 Å². The summed E-state index contributed by atoms with van der Waals surface area (Å²) in [7, 11) is 1.17. The quantitative estimate of drug-likeness (QED) is 0.299. The number of nitrogens with two attached hydrogens (primary N) is 1. The van der Waals surface area contributed by atoms with Gasteiger partial charge in [-0.2, -0.15) is 5.26 Å². The first-order valence-corrected chi connectivity index (χ1v) is 13.4. The lowest BCUT2D eigenvalue weighted by atomic mass is 10.00. The van der Waals surface area contributed by atoms with Gasteiger partial charge in [0.05, 0.1) is 25.1 Å². The summed E-state index contributed by atoms with van der Waals surface area (Å²) < 4.78 is 4.79. The molecule has 1 aromatic rings. The molecule has 2 rings (SSSR count). The number of benzene rings is 1. The average molecular weight is 546 g/mol. The molecule has 1 saturated heterocycles. The van der Waals surface area contributed by atoms with E-state index in [0.29, 0.717) is 19.4 Å². The van der Waals surface area contributed by atoms with E-state index in [0.717, 1.165) is 23.7 Å². The van der Waals surface area contributed by atoms with Crippen LogP contribution in [0.3, 0.4) is 0 Å². The normalized spacial score (nSPS) is 17.0. The standard InChI is InChI=1S/C26H35N5O6S/c1-17(32)38-16-19(13-18-7-4-3-5-8-18)24(34)30-22(26(36)37-2)15-29-23(33)11-10-21(28)25(35)31-12-6-9-20(31)14-27/h3-5,7-8,19-22H,6,9-13,15-16,28H2,1-2H3,(H,29,33)(H,30,34). The van der Waals surface area contributed by atoms with Crippen LogP contribution >= 0.6 is 11.8 Å². The van der Waals surface area contributed by atoms with E-state index in [2.05, 4.69) is 16.7 Å². The molecule has 0 saturated carbocycles. The number of likely N-dealkylation sites (tertiary alicyclic amines) is 1. The van der Waals surface area contributed by atoms with Crippen LogP contribution in [0.5, 0.6) is 0 Å². The molecule has 1 heterocycles. The molecule has 1 aliphatic heterocycles. The average Bonchev–Trinajstić information content (AvgIpc) is 3.40. The molecule has 0 spiro atoms. The highest BCUT2D eigenvalue weighted by Crippen LogP contribution is 2.18. The minimum Gasteiger partial charge on any atom is -0.467 e. The van der Waals surface area contributed by atoms with E-state index in [1.54, 1.807) is 0 Å². The van der Waals surface area contributed by atoms with Crippen molar-refractivity contribution in [2.24, 2.45) is 11.7 Å². The summed E-state index contributed by atoms with van der Waals surface area (Å²) in [4.78, 5) is 63.3. The Balaban J connectivity index is 1.92.